The summed E-state index contributed by atoms with van der Waals surface area (Å²) in [6.45, 7) is 2.05. The summed E-state index contributed by atoms with van der Waals surface area (Å²) in [5.74, 6) is -0.0286. The second-order valence-electron chi connectivity index (χ2n) is 5.35. The molecule has 2 rings (SSSR count). The molecule has 0 amide bonds. The molecule has 2 aromatic rings. The maximum absolute atomic E-state index is 10.7. The number of aromatic hydroxyl groups is 1. The maximum atomic E-state index is 10.7. The highest BCUT2D eigenvalue weighted by Gasteiger charge is 2.24. The lowest BCUT2D eigenvalue weighted by Gasteiger charge is -2.22. The number of aliphatic hydroxyl groups is 1. The van der Waals surface area contributed by atoms with Crippen LogP contribution in [0.3, 0.4) is 0 Å². The van der Waals surface area contributed by atoms with Gasteiger partial charge < -0.3 is 15.5 Å². The van der Waals surface area contributed by atoms with E-state index < -0.39 is 10.5 Å². The lowest BCUT2D eigenvalue weighted by Crippen LogP contribution is -2.34. The van der Waals surface area contributed by atoms with Crippen LogP contribution < -0.4 is 5.32 Å². The first-order valence-electron chi connectivity index (χ1n) is 6.68. The molecule has 118 valence electrons. The summed E-state index contributed by atoms with van der Waals surface area (Å²) in [6, 6.07) is 3.83. The van der Waals surface area contributed by atoms with Gasteiger partial charge in [0.1, 0.15) is 11.4 Å². The molecule has 1 aromatic carbocycles. The van der Waals surface area contributed by atoms with Crippen molar-refractivity contribution in [2.24, 2.45) is 7.05 Å². The number of nitro benzene ring substituents is 1. The largest absolute Gasteiger partial charge is 0.508 e. The van der Waals surface area contributed by atoms with Crippen molar-refractivity contribution in [3.8, 4) is 5.75 Å². The minimum absolute atomic E-state index is 0.0286. The molecule has 8 nitrogen and oxygen atoms in total. The minimum atomic E-state index is -1.13. The molecule has 0 saturated carbocycles. The number of hydrogen-bond acceptors (Lipinski definition) is 6. The third-order valence-corrected chi connectivity index (χ3v) is 3.39. The highest BCUT2D eigenvalue weighted by molar-refractivity contribution is 5.42. The first-order chi connectivity index (χ1) is 10.3. The summed E-state index contributed by atoms with van der Waals surface area (Å²) < 4.78 is 1.59. The molecule has 0 saturated heterocycles. The summed E-state index contributed by atoms with van der Waals surface area (Å²) in [4.78, 5) is 10.2. The van der Waals surface area contributed by atoms with E-state index in [4.69, 9.17) is 0 Å². The van der Waals surface area contributed by atoms with E-state index in [0.29, 0.717) is 11.1 Å². The van der Waals surface area contributed by atoms with E-state index in [-0.39, 0.29) is 24.5 Å². The molecule has 3 N–H and O–H groups in total. The van der Waals surface area contributed by atoms with Gasteiger partial charge in [-0.15, -0.1) is 0 Å². The summed E-state index contributed by atoms with van der Waals surface area (Å²) in [5.41, 5.74) is -0.166. The van der Waals surface area contributed by atoms with Crippen LogP contribution in [0.5, 0.6) is 5.75 Å². The third-order valence-electron chi connectivity index (χ3n) is 3.39. The number of benzene rings is 1. The zero-order chi connectivity index (χ0) is 16.3. The van der Waals surface area contributed by atoms with Gasteiger partial charge in [0, 0.05) is 49.6 Å². The molecular formula is C14H18N4O4. The monoisotopic (exact) mass is 306 g/mol. The van der Waals surface area contributed by atoms with Gasteiger partial charge in [0.2, 0.25) is 0 Å². The molecule has 0 bridgehead atoms. The Balaban J connectivity index is 2.01. The van der Waals surface area contributed by atoms with Gasteiger partial charge in [0.25, 0.3) is 5.69 Å². The number of aryl methyl sites for hydroxylation is 1. The van der Waals surface area contributed by atoms with Crippen LogP contribution in [0.4, 0.5) is 5.69 Å². The van der Waals surface area contributed by atoms with Gasteiger partial charge in [-0.25, -0.2) is 0 Å². The number of aromatic nitrogens is 2. The van der Waals surface area contributed by atoms with Gasteiger partial charge in [-0.3, -0.25) is 14.8 Å². The highest BCUT2D eigenvalue weighted by atomic mass is 16.6. The second kappa shape index (κ2) is 6.12. The van der Waals surface area contributed by atoms with E-state index >= 15 is 0 Å². The number of nitrogens with one attached hydrogen (secondary N) is 1. The van der Waals surface area contributed by atoms with Crippen molar-refractivity contribution in [1.29, 1.82) is 0 Å². The van der Waals surface area contributed by atoms with Crippen molar-refractivity contribution >= 4 is 5.69 Å². The Morgan fingerprint density at radius 2 is 2.23 bits per heavy atom. The van der Waals surface area contributed by atoms with Gasteiger partial charge in [-0.05, 0) is 13.0 Å². The van der Waals surface area contributed by atoms with Crippen molar-refractivity contribution in [3.63, 3.8) is 0 Å². The number of non-ortho nitro benzene ring substituents is 1. The Kier molecular flexibility index (Phi) is 4.43. The van der Waals surface area contributed by atoms with Crippen LogP contribution in [0.1, 0.15) is 18.1 Å². The van der Waals surface area contributed by atoms with Crippen molar-refractivity contribution in [2.45, 2.75) is 19.1 Å². The molecule has 8 heteroatoms. The van der Waals surface area contributed by atoms with Crippen LogP contribution in [0, 0.1) is 10.1 Å². The molecular weight excluding hydrogens is 288 g/mol. The Morgan fingerprint density at radius 3 is 2.82 bits per heavy atom. The quantitative estimate of drug-likeness (QED) is 0.542. The fourth-order valence-electron chi connectivity index (χ4n) is 2.07. The molecule has 0 aliphatic carbocycles. The molecule has 0 fully saturated rings. The summed E-state index contributed by atoms with van der Waals surface area (Å²) in [7, 11) is 1.76. The van der Waals surface area contributed by atoms with E-state index in [2.05, 4.69) is 10.4 Å². The fraction of sp³-hybridized carbons (Fsp3) is 0.357. The molecule has 22 heavy (non-hydrogen) atoms. The molecule has 0 radical (unpaired) electrons. The topological polar surface area (TPSA) is 113 Å². The number of phenolic OH excluding ortho intramolecular Hbond substituents is 1. The van der Waals surface area contributed by atoms with Crippen LogP contribution in [0.25, 0.3) is 0 Å². The molecule has 0 aliphatic rings. The Labute approximate surface area is 127 Å². The van der Waals surface area contributed by atoms with Gasteiger partial charge >= 0.3 is 0 Å². The lowest BCUT2D eigenvalue weighted by molar-refractivity contribution is -0.384. The van der Waals surface area contributed by atoms with E-state index in [1.807, 2.05) is 0 Å². The lowest BCUT2D eigenvalue weighted by atomic mass is 9.99. The van der Waals surface area contributed by atoms with E-state index in [1.54, 1.807) is 31.0 Å². The molecule has 1 aromatic heterocycles. The molecule has 1 atom stereocenters. The average molecular weight is 306 g/mol. The van der Waals surface area contributed by atoms with Crippen LogP contribution in [-0.4, -0.2) is 31.5 Å². The predicted molar refractivity (Wildman–Crippen MR) is 79.2 cm³/mol. The van der Waals surface area contributed by atoms with Crippen molar-refractivity contribution in [3.05, 3.63) is 51.8 Å². The van der Waals surface area contributed by atoms with E-state index in [9.17, 15) is 20.3 Å². The zero-order valence-electron chi connectivity index (χ0n) is 12.4. The number of hydrogen-bond donors (Lipinski definition) is 3. The first kappa shape index (κ1) is 15.9. The highest BCUT2D eigenvalue weighted by Crippen LogP contribution is 2.23. The number of nitro groups is 1. The predicted octanol–water partition coefficient (Wildman–Crippen LogP) is 1.03. The van der Waals surface area contributed by atoms with Crippen LogP contribution in [0.15, 0.2) is 30.6 Å². The van der Waals surface area contributed by atoms with Crippen molar-refractivity contribution < 1.29 is 15.1 Å². The van der Waals surface area contributed by atoms with Crippen molar-refractivity contribution in [2.75, 3.05) is 6.54 Å². The number of rotatable bonds is 6. The molecule has 1 unspecified atom stereocenters. The second-order valence-corrected chi connectivity index (χ2v) is 5.35. The fourth-order valence-corrected chi connectivity index (χ4v) is 2.07. The molecule has 0 spiro atoms. The third kappa shape index (κ3) is 3.60. The SMILES string of the molecule is Cn1cc(C(C)(O)CNCc2cc([N+](=O)[O-])ccc2O)cn1. The van der Waals surface area contributed by atoms with Crippen LogP contribution in [0.2, 0.25) is 0 Å². The Morgan fingerprint density at radius 1 is 1.50 bits per heavy atom. The van der Waals surface area contributed by atoms with Crippen molar-refractivity contribution in [1.82, 2.24) is 15.1 Å². The van der Waals surface area contributed by atoms with Crippen LogP contribution >= 0.6 is 0 Å². The van der Waals surface area contributed by atoms with Gasteiger partial charge in [0.05, 0.1) is 11.1 Å². The maximum Gasteiger partial charge on any atom is 0.270 e. The number of nitrogens with zero attached hydrogens (tertiary/aromatic N) is 3. The summed E-state index contributed by atoms with van der Waals surface area (Å²) in [5, 5.41) is 37.9. The zero-order valence-corrected chi connectivity index (χ0v) is 12.4. The Hall–Kier alpha value is -2.45. The smallest absolute Gasteiger partial charge is 0.270 e. The molecule has 0 aliphatic heterocycles. The normalized spacial score (nSPS) is 13.8. The van der Waals surface area contributed by atoms with E-state index in [1.165, 1.54) is 18.2 Å². The summed E-state index contributed by atoms with van der Waals surface area (Å²) >= 11 is 0. The standard InChI is InChI=1S/C14H18N4O4/c1-14(20,11-7-16-17(2)8-11)9-15-6-10-5-12(18(21)22)3-4-13(10)19/h3-5,7-8,15,19-20H,6,9H2,1-2H3. The Bertz CT molecular complexity index is 681. The average Bonchev–Trinajstić information content (AvgIpc) is 2.88. The van der Waals surface area contributed by atoms with Crippen LogP contribution in [-0.2, 0) is 19.2 Å². The number of phenols is 1. The molecule has 1 heterocycles. The van der Waals surface area contributed by atoms with Gasteiger partial charge in [-0.2, -0.15) is 5.10 Å². The minimum Gasteiger partial charge on any atom is -0.508 e. The van der Waals surface area contributed by atoms with E-state index in [0.717, 1.165) is 0 Å². The first-order valence-corrected chi connectivity index (χ1v) is 6.68. The van der Waals surface area contributed by atoms with Gasteiger partial charge in [0.15, 0.2) is 0 Å². The van der Waals surface area contributed by atoms with Gasteiger partial charge in [-0.1, -0.05) is 0 Å². The summed E-state index contributed by atoms with van der Waals surface area (Å²) in [6.07, 6.45) is 3.29.